The van der Waals surface area contributed by atoms with Crippen molar-refractivity contribution in [3.8, 4) is 0 Å². The Morgan fingerprint density at radius 2 is 1.95 bits per heavy atom. The van der Waals surface area contributed by atoms with Crippen molar-refractivity contribution in [2.24, 2.45) is 5.14 Å². The van der Waals surface area contributed by atoms with Gasteiger partial charge in [0.2, 0.25) is 10.0 Å². The molecule has 0 unspecified atom stereocenters. The third-order valence-electron chi connectivity index (χ3n) is 2.91. The van der Waals surface area contributed by atoms with Gasteiger partial charge in [0.15, 0.2) is 5.69 Å². The lowest BCUT2D eigenvalue weighted by Gasteiger charge is -2.05. The van der Waals surface area contributed by atoms with Crippen LogP contribution in [0.1, 0.15) is 21.7 Å². The van der Waals surface area contributed by atoms with Gasteiger partial charge in [0.1, 0.15) is 0 Å². The first kappa shape index (κ1) is 15.0. The highest BCUT2D eigenvalue weighted by Crippen LogP contribution is 2.13. The zero-order valence-corrected chi connectivity index (χ0v) is 12.1. The average molecular weight is 309 g/mol. The zero-order chi connectivity index (χ0) is 15.6. The van der Waals surface area contributed by atoms with E-state index in [-0.39, 0.29) is 17.1 Å². The van der Waals surface area contributed by atoms with Gasteiger partial charge in [-0.05, 0) is 24.6 Å². The minimum absolute atomic E-state index is 0.0183. The topological polar surface area (TPSA) is 144 Å². The number of anilines is 1. The molecule has 6 N–H and O–H groups in total. The summed E-state index contributed by atoms with van der Waals surface area (Å²) < 4.78 is 22.2. The molecule has 0 spiro atoms. The predicted octanol–water partition coefficient (Wildman–Crippen LogP) is -0.122. The van der Waals surface area contributed by atoms with Crippen molar-refractivity contribution in [2.45, 2.75) is 18.4 Å². The van der Waals surface area contributed by atoms with Crippen LogP contribution in [0, 0.1) is 6.92 Å². The summed E-state index contributed by atoms with van der Waals surface area (Å²) in [6, 6.07) is 5.89. The van der Waals surface area contributed by atoms with Crippen LogP contribution in [0.3, 0.4) is 0 Å². The minimum Gasteiger partial charge on any atom is -0.395 e. The van der Waals surface area contributed by atoms with Crippen LogP contribution in [0.5, 0.6) is 0 Å². The normalized spacial score (nSPS) is 11.3. The molecule has 9 heteroatoms. The maximum Gasteiger partial charge on any atom is 0.274 e. The molecule has 0 atom stereocenters. The summed E-state index contributed by atoms with van der Waals surface area (Å²) in [6.07, 6.45) is 0. The third-order valence-corrected chi connectivity index (χ3v) is 3.84. The number of sulfonamides is 1. The number of rotatable bonds is 4. The number of nitrogens with one attached hydrogen (secondary N) is 2. The highest BCUT2D eigenvalue weighted by Gasteiger charge is 2.15. The molecule has 0 saturated heterocycles. The molecule has 8 nitrogen and oxygen atoms in total. The number of H-pyrrole nitrogens is 1. The highest BCUT2D eigenvalue weighted by molar-refractivity contribution is 7.89. The molecular formula is C12H15N5O3S. The summed E-state index contributed by atoms with van der Waals surface area (Å²) in [6.45, 7) is 1.93. The number of nitrogens with two attached hydrogens (primary N) is 2. The van der Waals surface area contributed by atoms with Crippen molar-refractivity contribution < 1.29 is 13.2 Å². The second-order valence-corrected chi connectivity index (χ2v) is 6.04. The fourth-order valence-electron chi connectivity index (χ4n) is 1.67. The molecule has 0 bridgehead atoms. The molecule has 1 amide bonds. The quantitative estimate of drug-likeness (QED) is 0.622. The van der Waals surface area contributed by atoms with Crippen LogP contribution in [0.2, 0.25) is 0 Å². The largest absolute Gasteiger partial charge is 0.395 e. The second-order valence-electron chi connectivity index (χ2n) is 4.48. The summed E-state index contributed by atoms with van der Waals surface area (Å²) in [4.78, 5) is 11.9. The van der Waals surface area contributed by atoms with Crippen LogP contribution in [-0.4, -0.2) is 24.5 Å². The van der Waals surface area contributed by atoms with Crippen molar-refractivity contribution in [1.82, 2.24) is 15.5 Å². The molecule has 2 aromatic rings. The lowest BCUT2D eigenvalue weighted by molar-refractivity contribution is 0.0946. The number of carbonyl (C=O) groups is 1. The van der Waals surface area contributed by atoms with E-state index in [0.29, 0.717) is 11.4 Å². The standard InChI is InChI=1S/C12H15N5O3S/c1-7-10(13)11(17-16-7)12(18)15-6-8-2-4-9(5-3-8)21(14,19)20/h2-5H,6,13H2,1H3,(H,15,18)(H,16,17)(H2,14,19,20). The van der Waals surface area contributed by atoms with E-state index in [0.717, 1.165) is 5.56 Å². The number of primary sulfonamides is 1. The van der Waals surface area contributed by atoms with Crippen LogP contribution >= 0.6 is 0 Å². The lowest BCUT2D eigenvalue weighted by atomic mass is 10.2. The molecule has 0 aliphatic rings. The molecule has 0 saturated carbocycles. The smallest absolute Gasteiger partial charge is 0.274 e. The van der Waals surface area contributed by atoms with Gasteiger partial charge in [-0.3, -0.25) is 9.89 Å². The monoisotopic (exact) mass is 309 g/mol. The molecule has 0 fully saturated rings. The number of aromatic amines is 1. The van der Waals surface area contributed by atoms with Gasteiger partial charge >= 0.3 is 0 Å². The van der Waals surface area contributed by atoms with Crippen molar-refractivity contribution in [3.63, 3.8) is 0 Å². The van der Waals surface area contributed by atoms with E-state index in [4.69, 9.17) is 10.9 Å². The van der Waals surface area contributed by atoms with Gasteiger partial charge in [-0.15, -0.1) is 0 Å². The molecular weight excluding hydrogens is 294 g/mol. The fourth-order valence-corrected chi connectivity index (χ4v) is 2.19. The molecule has 112 valence electrons. The molecule has 21 heavy (non-hydrogen) atoms. The van der Waals surface area contributed by atoms with Gasteiger partial charge in [0.05, 0.1) is 16.3 Å². The molecule has 1 aromatic heterocycles. The van der Waals surface area contributed by atoms with E-state index >= 15 is 0 Å². The van der Waals surface area contributed by atoms with Gasteiger partial charge in [0.25, 0.3) is 5.91 Å². The van der Waals surface area contributed by atoms with E-state index in [1.165, 1.54) is 12.1 Å². The van der Waals surface area contributed by atoms with Gasteiger partial charge in [-0.1, -0.05) is 12.1 Å². The second kappa shape index (κ2) is 5.54. The van der Waals surface area contributed by atoms with E-state index < -0.39 is 15.9 Å². The molecule has 1 heterocycles. The van der Waals surface area contributed by atoms with Crippen LogP contribution < -0.4 is 16.2 Å². The van der Waals surface area contributed by atoms with Gasteiger partial charge in [-0.25, -0.2) is 13.6 Å². The first-order valence-electron chi connectivity index (χ1n) is 5.99. The Morgan fingerprint density at radius 1 is 1.33 bits per heavy atom. The predicted molar refractivity (Wildman–Crippen MR) is 76.7 cm³/mol. The van der Waals surface area contributed by atoms with Crippen LogP contribution in [0.4, 0.5) is 5.69 Å². The van der Waals surface area contributed by atoms with Gasteiger partial charge in [-0.2, -0.15) is 5.10 Å². The third kappa shape index (κ3) is 3.38. The van der Waals surface area contributed by atoms with Crippen molar-refractivity contribution >= 4 is 21.6 Å². The summed E-state index contributed by atoms with van der Waals surface area (Å²) in [5.74, 6) is -0.410. The Kier molecular flexibility index (Phi) is 3.96. The molecule has 2 rings (SSSR count). The lowest BCUT2D eigenvalue weighted by Crippen LogP contribution is -2.24. The first-order valence-corrected chi connectivity index (χ1v) is 7.54. The SMILES string of the molecule is Cc1[nH]nc(C(=O)NCc2ccc(S(N)(=O)=O)cc2)c1N. The Hall–Kier alpha value is -2.39. The van der Waals surface area contributed by atoms with Crippen molar-refractivity contribution in [1.29, 1.82) is 0 Å². The first-order chi connectivity index (χ1) is 9.79. The highest BCUT2D eigenvalue weighted by atomic mass is 32.2. The zero-order valence-electron chi connectivity index (χ0n) is 11.3. The Bertz CT molecular complexity index is 765. The average Bonchev–Trinajstić information content (AvgIpc) is 2.76. The van der Waals surface area contributed by atoms with Crippen LogP contribution in [-0.2, 0) is 16.6 Å². The number of amides is 1. The van der Waals surface area contributed by atoms with Crippen LogP contribution in [0.25, 0.3) is 0 Å². The summed E-state index contributed by atoms with van der Waals surface area (Å²) in [5, 5.41) is 14.1. The number of hydrogen-bond donors (Lipinski definition) is 4. The Balaban J connectivity index is 2.03. The maximum absolute atomic E-state index is 11.9. The van der Waals surface area contributed by atoms with Crippen molar-refractivity contribution in [3.05, 3.63) is 41.2 Å². The van der Waals surface area contributed by atoms with Gasteiger partial charge in [0, 0.05) is 6.54 Å². The molecule has 0 aliphatic carbocycles. The molecule has 0 aliphatic heterocycles. The summed E-state index contributed by atoms with van der Waals surface area (Å²) in [7, 11) is -3.71. The molecule has 1 aromatic carbocycles. The van der Waals surface area contributed by atoms with Gasteiger partial charge < -0.3 is 11.1 Å². The van der Waals surface area contributed by atoms with E-state index in [1.54, 1.807) is 19.1 Å². The molecule has 0 radical (unpaired) electrons. The number of nitrogens with zero attached hydrogens (tertiary/aromatic N) is 1. The number of nitrogen functional groups attached to an aromatic ring is 1. The van der Waals surface area contributed by atoms with E-state index in [1.807, 2.05) is 0 Å². The minimum atomic E-state index is -3.71. The van der Waals surface area contributed by atoms with Crippen LogP contribution in [0.15, 0.2) is 29.2 Å². The Morgan fingerprint density at radius 3 is 2.43 bits per heavy atom. The van der Waals surface area contributed by atoms with E-state index in [9.17, 15) is 13.2 Å². The number of aromatic nitrogens is 2. The number of aryl methyl sites for hydroxylation is 1. The summed E-state index contributed by atoms with van der Waals surface area (Å²) >= 11 is 0. The fraction of sp³-hybridized carbons (Fsp3) is 0.167. The van der Waals surface area contributed by atoms with E-state index in [2.05, 4.69) is 15.5 Å². The number of benzene rings is 1. The Labute approximate surface area is 121 Å². The maximum atomic E-state index is 11.9. The number of hydrogen-bond acceptors (Lipinski definition) is 5. The summed E-state index contributed by atoms with van der Waals surface area (Å²) in [5.41, 5.74) is 7.49. The number of carbonyl (C=O) groups excluding carboxylic acids is 1. The van der Waals surface area contributed by atoms with Crippen molar-refractivity contribution in [2.75, 3.05) is 5.73 Å².